The lowest BCUT2D eigenvalue weighted by molar-refractivity contribution is -0.140. The van der Waals surface area contributed by atoms with Gasteiger partial charge in [-0.05, 0) is 37.8 Å². The molecule has 2 unspecified atom stereocenters. The normalized spacial score (nSPS) is 20.3. The second-order valence-corrected chi connectivity index (χ2v) is 7.10. The highest BCUT2D eigenvalue weighted by Crippen LogP contribution is 2.30. The van der Waals surface area contributed by atoms with Gasteiger partial charge in [0.2, 0.25) is 5.91 Å². The quantitative estimate of drug-likeness (QED) is 0.888. The van der Waals surface area contributed by atoms with Crippen LogP contribution in [0.4, 0.5) is 13.2 Å². The third-order valence-corrected chi connectivity index (χ3v) is 5.11. The maximum Gasteiger partial charge on any atom is 0.434 e. The number of nitrogens with one attached hydrogen (secondary N) is 1. The highest BCUT2D eigenvalue weighted by Gasteiger charge is 2.34. The van der Waals surface area contributed by atoms with Crippen LogP contribution < -0.4 is 5.32 Å². The number of amides is 1. The minimum atomic E-state index is -4.43. The predicted molar refractivity (Wildman–Crippen MR) is 83.0 cm³/mol. The van der Waals surface area contributed by atoms with E-state index in [-0.39, 0.29) is 18.4 Å². The molecular weight excluding hydrogens is 327 g/mol. The van der Waals surface area contributed by atoms with Crippen LogP contribution in [0.1, 0.15) is 36.9 Å². The summed E-state index contributed by atoms with van der Waals surface area (Å²) in [5.74, 6) is 0.699. The van der Waals surface area contributed by atoms with Crippen LogP contribution in [0.5, 0.6) is 0 Å². The molecule has 1 aromatic rings. The topological polar surface area (TPSA) is 45.2 Å². The van der Waals surface area contributed by atoms with E-state index in [2.05, 4.69) is 17.2 Å². The van der Waals surface area contributed by atoms with E-state index < -0.39 is 11.9 Å². The predicted octanol–water partition coefficient (Wildman–Crippen LogP) is 3.15. The molecule has 1 aliphatic rings. The molecule has 0 bridgehead atoms. The summed E-state index contributed by atoms with van der Waals surface area (Å²) in [5, 5.41) is 4.63. The van der Waals surface area contributed by atoms with Crippen LogP contribution in [0, 0.1) is 11.8 Å². The fourth-order valence-corrected chi connectivity index (χ4v) is 3.62. The van der Waals surface area contributed by atoms with E-state index in [4.69, 9.17) is 0 Å². The SMILES string of the molecule is CC(CC(=O)N(C)Cc1nc(C(F)(F)F)cs1)C1CCCNC1. The second-order valence-electron chi connectivity index (χ2n) is 6.16. The lowest BCUT2D eigenvalue weighted by Crippen LogP contribution is -2.36. The molecule has 130 valence electrons. The zero-order valence-corrected chi connectivity index (χ0v) is 14.1. The molecule has 0 saturated carbocycles. The Bertz CT molecular complexity index is 526. The van der Waals surface area contributed by atoms with E-state index in [1.165, 1.54) is 4.90 Å². The Labute approximate surface area is 138 Å². The first-order valence-electron chi connectivity index (χ1n) is 7.73. The van der Waals surface area contributed by atoms with Gasteiger partial charge in [-0.1, -0.05) is 6.92 Å². The fraction of sp³-hybridized carbons (Fsp3) is 0.733. The largest absolute Gasteiger partial charge is 0.434 e. The Kier molecular flexibility index (Phi) is 6.02. The van der Waals surface area contributed by atoms with Crippen molar-refractivity contribution in [3.8, 4) is 0 Å². The van der Waals surface area contributed by atoms with Crippen molar-refractivity contribution in [1.29, 1.82) is 0 Å². The number of thiazole rings is 1. The Hall–Kier alpha value is -1.15. The van der Waals surface area contributed by atoms with Gasteiger partial charge in [-0.15, -0.1) is 11.3 Å². The molecule has 2 atom stereocenters. The van der Waals surface area contributed by atoms with E-state index in [1.54, 1.807) is 7.05 Å². The number of hydrogen-bond acceptors (Lipinski definition) is 4. The standard InChI is InChI=1S/C15H22F3N3OS/c1-10(11-4-3-5-19-7-11)6-14(22)21(2)8-13-20-12(9-23-13)15(16,17)18/h9-11,19H,3-8H2,1-2H3. The molecule has 0 aromatic carbocycles. The minimum Gasteiger partial charge on any atom is -0.339 e. The van der Waals surface area contributed by atoms with Crippen LogP contribution in [0.25, 0.3) is 0 Å². The molecule has 1 fully saturated rings. The van der Waals surface area contributed by atoms with Gasteiger partial charge in [0.05, 0.1) is 6.54 Å². The van der Waals surface area contributed by atoms with E-state index in [1.807, 2.05) is 0 Å². The average molecular weight is 349 g/mol. The van der Waals surface area contributed by atoms with Crippen LogP contribution >= 0.6 is 11.3 Å². The lowest BCUT2D eigenvalue weighted by Gasteiger charge is -2.29. The molecule has 1 aromatic heterocycles. The van der Waals surface area contributed by atoms with E-state index in [0.717, 1.165) is 42.6 Å². The van der Waals surface area contributed by atoms with Crippen molar-refractivity contribution in [1.82, 2.24) is 15.2 Å². The van der Waals surface area contributed by atoms with Gasteiger partial charge in [-0.2, -0.15) is 13.2 Å². The molecule has 1 saturated heterocycles. The number of halogens is 3. The summed E-state index contributed by atoms with van der Waals surface area (Å²) in [7, 11) is 1.61. The highest BCUT2D eigenvalue weighted by atomic mass is 32.1. The number of alkyl halides is 3. The van der Waals surface area contributed by atoms with E-state index in [9.17, 15) is 18.0 Å². The third kappa shape index (κ3) is 5.17. The first-order valence-corrected chi connectivity index (χ1v) is 8.61. The molecule has 0 radical (unpaired) electrons. The summed E-state index contributed by atoms with van der Waals surface area (Å²) >= 11 is 0.934. The van der Waals surface area contributed by atoms with Crippen molar-refractivity contribution in [3.05, 3.63) is 16.1 Å². The number of nitrogens with zero attached hydrogens (tertiary/aromatic N) is 2. The Morgan fingerprint density at radius 1 is 1.57 bits per heavy atom. The van der Waals surface area contributed by atoms with Crippen molar-refractivity contribution >= 4 is 17.2 Å². The smallest absolute Gasteiger partial charge is 0.339 e. The third-order valence-electron chi connectivity index (χ3n) is 4.28. The molecule has 0 spiro atoms. The van der Waals surface area contributed by atoms with Crippen LogP contribution in [0.2, 0.25) is 0 Å². The van der Waals surface area contributed by atoms with Gasteiger partial charge in [0.1, 0.15) is 5.01 Å². The Morgan fingerprint density at radius 3 is 2.87 bits per heavy atom. The summed E-state index contributed by atoms with van der Waals surface area (Å²) < 4.78 is 37.6. The first kappa shape index (κ1) is 18.2. The lowest BCUT2D eigenvalue weighted by atomic mass is 9.85. The van der Waals surface area contributed by atoms with Crippen molar-refractivity contribution < 1.29 is 18.0 Å². The van der Waals surface area contributed by atoms with Crippen molar-refractivity contribution in [2.24, 2.45) is 11.8 Å². The summed E-state index contributed by atoms with van der Waals surface area (Å²) in [5.41, 5.74) is -0.889. The van der Waals surface area contributed by atoms with Crippen LogP contribution in [-0.4, -0.2) is 35.9 Å². The van der Waals surface area contributed by atoms with Crippen molar-refractivity contribution in [2.75, 3.05) is 20.1 Å². The maximum atomic E-state index is 12.5. The second kappa shape index (κ2) is 7.61. The Balaban J connectivity index is 1.85. The van der Waals surface area contributed by atoms with Crippen LogP contribution in [0.15, 0.2) is 5.38 Å². The molecular formula is C15H22F3N3OS. The van der Waals surface area contributed by atoms with Crippen LogP contribution in [-0.2, 0) is 17.5 Å². The number of hydrogen-bond donors (Lipinski definition) is 1. The maximum absolute atomic E-state index is 12.5. The van der Waals surface area contributed by atoms with E-state index in [0.29, 0.717) is 17.3 Å². The molecule has 2 rings (SSSR count). The molecule has 4 nitrogen and oxygen atoms in total. The molecule has 23 heavy (non-hydrogen) atoms. The van der Waals surface area contributed by atoms with Gasteiger partial charge in [0, 0.05) is 18.8 Å². The minimum absolute atomic E-state index is 0.0492. The molecule has 2 heterocycles. The summed E-state index contributed by atoms with van der Waals surface area (Å²) in [6.45, 7) is 4.14. The molecule has 1 aliphatic heterocycles. The zero-order chi connectivity index (χ0) is 17.0. The number of aromatic nitrogens is 1. The Morgan fingerprint density at radius 2 is 2.30 bits per heavy atom. The fourth-order valence-electron chi connectivity index (χ4n) is 2.77. The van der Waals surface area contributed by atoms with Gasteiger partial charge >= 0.3 is 6.18 Å². The summed E-state index contributed by atoms with van der Waals surface area (Å²) in [6.07, 6.45) is -1.77. The van der Waals surface area contributed by atoms with Crippen LogP contribution in [0.3, 0.4) is 0 Å². The summed E-state index contributed by atoms with van der Waals surface area (Å²) in [6, 6.07) is 0. The molecule has 1 N–H and O–H groups in total. The van der Waals surface area contributed by atoms with Gasteiger partial charge in [-0.25, -0.2) is 4.98 Å². The number of piperidine rings is 1. The number of carbonyl (C=O) groups is 1. The molecule has 8 heteroatoms. The monoisotopic (exact) mass is 349 g/mol. The average Bonchev–Trinajstić information content (AvgIpc) is 2.96. The van der Waals surface area contributed by atoms with Gasteiger partial charge in [-0.3, -0.25) is 4.79 Å². The highest BCUT2D eigenvalue weighted by molar-refractivity contribution is 7.09. The van der Waals surface area contributed by atoms with E-state index >= 15 is 0 Å². The van der Waals surface area contributed by atoms with Gasteiger partial charge in [0.25, 0.3) is 0 Å². The summed E-state index contributed by atoms with van der Waals surface area (Å²) in [4.78, 5) is 17.3. The zero-order valence-electron chi connectivity index (χ0n) is 13.3. The van der Waals surface area contributed by atoms with Crippen molar-refractivity contribution in [2.45, 2.75) is 38.9 Å². The molecule has 0 aliphatic carbocycles. The number of carbonyl (C=O) groups excluding carboxylic acids is 1. The first-order chi connectivity index (χ1) is 10.8. The van der Waals surface area contributed by atoms with Gasteiger partial charge in [0.15, 0.2) is 5.69 Å². The van der Waals surface area contributed by atoms with Gasteiger partial charge < -0.3 is 10.2 Å². The van der Waals surface area contributed by atoms with Crippen molar-refractivity contribution in [3.63, 3.8) is 0 Å². The number of rotatable bonds is 5. The molecule has 1 amide bonds.